The van der Waals surface area contributed by atoms with Gasteiger partial charge in [0.05, 0.1) is 0 Å². The summed E-state index contributed by atoms with van der Waals surface area (Å²) in [6.45, 7) is 15.5. The van der Waals surface area contributed by atoms with Crippen molar-refractivity contribution in [2.45, 2.75) is 25.7 Å². The van der Waals surface area contributed by atoms with Crippen LogP contribution in [0.1, 0.15) is 46.2 Å². The minimum atomic E-state index is 1.08. The van der Waals surface area contributed by atoms with Crippen LogP contribution in [0.25, 0.3) is 24.3 Å². The van der Waals surface area contributed by atoms with Crippen molar-refractivity contribution < 1.29 is 0 Å². The predicted molar refractivity (Wildman–Crippen MR) is 110 cm³/mol. The summed E-state index contributed by atoms with van der Waals surface area (Å²) in [6.07, 6.45) is 12.1. The van der Waals surface area contributed by atoms with Gasteiger partial charge in [0.15, 0.2) is 0 Å². The summed E-state index contributed by atoms with van der Waals surface area (Å²) < 4.78 is 0. The first-order valence-corrected chi connectivity index (χ1v) is 8.46. The molecule has 0 aromatic heterocycles. The summed E-state index contributed by atoms with van der Waals surface area (Å²) >= 11 is 0. The number of benzene rings is 2. The summed E-state index contributed by atoms with van der Waals surface area (Å²) in [7, 11) is 0. The number of hydrogen-bond donors (Lipinski definition) is 0. The van der Waals surface area contributed by atoms with E-state index in [1.165, 1.54) is 24.0 Å². The summed E-state index contributed by atoms with van der Waals surface area (Å²) in [6, 6.07) is 13.1. The first-order valence-electron chi connectivity index (χ1n) is 8.46. The number of unbranched alkanes of at least 4 members (excludes halogenated alkanes) is 1. The zero-order valence-electron chi connectivity index (χ0n) is 14.4. The van der Waals surface area contributed by atoms with E-state index in [9.17, 15) is 0 Å². The molecule has 24 heavy (non-hydrogen) atoms. The molecule has 0 aliphatic carbocycles. The second-order valence-electron chi connectivity index (χ2n) is 6.04. The highest BCUT2D eigenvalue weighted by Gasteiger charge is 2.01. The highest BCUT2D eigenvalue weighted by molar-refractivity contribution is 5.58. The second-order valence-corrected chi connectivity index (χ2v) is 6.04. The normalized spacial score (nSPS) is 10.2. The van der Waals surface area contributed by atoms with Gasteiger partial charge in [-0.25, -0.2) is 0 Å². The fraction of sp³-hybridized carbons (Fsp3) is 0.167. The standard InChI is InChI=1S/C24H26/c1-5-19-13-20(6-2)16-23(15-19)11-9-10-12-24-17-21(7-3)14-22(8-4)18-24/h5-8,13-18H,1-4,9-12H2. The molecule has 0 N–H and O–H groups in total. The van der Waals surface area contributed by atoms with Crippen molar-refractivity contribution in [2.75, 3.05) is 0 Å². The van der Waals surface area contributed by atoms with Crippen LogP contribution in [0.15, 0.2) is 62.7 Å². The molecule has 0 nitrogen and oxygen atoms in total. The largest absolute Gasteiger partial charge is 0.0985 e. The molecule has 0 atom stereocenters. The Morgan fingerprint density at radius 3 is 1.04 bits per heavy atom. The van der Waals surface area contributed by atoms with E-state index in [0.717, 1.165) is 35.1 Å². The Kier molecular flexibility index (Phi) is 6.57. The summed E-state index contributed by atoms with van der Waals surface area (Å²) in [5, 5.41) is 0. The molecule has 2 aromatic carbocycles. The molecule has 0 heteroatoms. The molecule has 0 aliphatic rings. The van der Waals surface area contributed by atoms with Gasteiger partial charge in [-0.05, 0) is 71.2 Å². The summed E-state index contributed by atoms with van der Waals surface area (Å²) in [5.41, 5.74) is 7.37. The van der Waals surface area contributed by atoms with E-state index in [0.29, 0.717) is 0 Å². The molecule has 0 saturated heterocycles. The van der Waals surface area contributed by atoms with Crippen molar-refractivity contribution in [3.05, 3.63) is 96.1 Å². The maximum atomic E-state index is 3.87. The predicted octanol–water partition coefficient (Wildman–Crippen LogP) is 6.82. The third-order valence-electron chi connectivity index (χ3n) is 4.20. The van der Waals surface area contributed by atoms with Crippen LogP contribution in [0.5, 0.6) is 0 Å². The van der Waals surface area contributed by atoms with Crippen molar-refractivity contribution in [1.29, 1.82) is 0 Å². The lowest BCUT2D eigenvalue weighted by atomic mass is 9.98. The van der Waals surface area contributed by atoms with Gasteiger partial charge in [0.25, 0.3) is 0 Å². The molecule has 0 radical (unpaired) electrons. The third-order valence-corrected chi connectivity index (χ3v) is 4.20. The maximum absolute atomic E-state index is 3.87. The zero-order valence-corrected chi connectivity index (χ0v) is 14.4. The molecule has 0 saturated carbocycles. The molecule has 0 spiro atoms. The summed E-state index contributed by atoms with van der Waals surface area (Å²) in [5.74, 6) is 0. The van der Waals surface area contributed by atoms with Crippen molar-refractivity contribution in [3.8, 4) is 0 Å². The second kappa shape index (κ2) is 8.88. The van der Waals surface area contributed by atoms with Crippen LogP contribution in [-0.4, -0.2) is 0 Å². The highest BCUT2D eigenvalue weighted by Crippen LogP contribution is 2.18. The molecule has 122 valence electrons. The van der Waals surface area contributed by atoms with Crippen molar-refractivity contribution >= 4 is 24.3 Å². The third kappa shape index (κ3) is 4.96. The number of aryl methyl sites for hydroxylation is 2. The lowest BCUT2D eigenvalue weighted by molar-refractivity contribution is 0.734. The van der Waals surface area contributed by atoms with Crippen molar-refractivity contribution in [3.63, 3.8) is 0 Å². The van der Waals surface area contributed by atoms with E-state index < -0.39 is 0 Å². The molecule has 0 aliphatic heterocycles. The smallest absolute Gasteiger partial charge is 0.0254 e. The Hall–Kier alpha value is -2.60. The fourth-order valence-corrected chi connectivity index (χ4v) is 2.91. The lowest BCUT2D eigenvalue weighted by Gasteiger charge is -2.07. The zero-order chi connectivity index (χ0) is 17.4. The average Bonchev–Trinajstić information content (AvgIpc) is 2.64. The Morgan fingerprint density at radius 2 is 0.792 bits per heavy atom. The molecular weight excluding hydrogens is 288 g/mol. The molecule has 0 fully saturated rings. The minimum Gasteiger partial charge on any atom is -0.0985 e. The minimum absolute atomic E-state index is 1.08. The lowest BCUT2D eigenvalue weighted by Crippen LogP contribution is -1.92. The van der Waals surface area contributed by atoms with Gasteiger partial charge in [-0.1, -0.05) is 74.9 Å². The Bertz CT molecular complexity index is 629. The van der Waals surface area contributed by atoms with Gasteiger partial charge >= 0.3 is 0 Å². The van der Waals surface area contributed by atoms with E-state index in [1.807, 2.05) is 24.3 Å². The van der Waals surface area contributed by atoms with Crippen LogP contribution in [0, 0.1) is 0 Å². The maximum Gasteiger partial charge on any atom is -0.0254 e. The topological polar surface area (TPSA) is 0 Å². The monoisotopic (exact) mass is 314 g/mol. The first kappa shape index (κ1) is 17.7. The summed E-state index contributed by atoms with van der Waals surface area (Å²) in [4.78, 5) is 0. The quantitative estimate of drug-likeness (QED) is 0.445. The van der Waals surface area contributed by atoms with Crippen LogP contribution in [-0.2, 0) is 12.8 Å². The van der Waals surface area contributed by atoms with Gasteiger partial charge in [0.2, 0.25) is 0 Å². The van der Waals surface area contributed by atoms with Gasteiger partial charge in [0, 0.05) is 0 Å². The molecule has 2 rings (SSSR count). The number of rotatable bonds is 9. The van der Waals surface area contributed by atoms with Crippen molar-refractivity contribution in [1.82, 2.24) is 0 Å². The molecule has 0 bridgehead atoms. The molecule has 2 aromatic rings. The van der Waals surface area contributed by atoms with Gasteiger partial charge < -0.3 is 0 Å². The molecule has 0 unspecified atom stereocenters. The first-order chi connectivity index (χ1) is 11.7. The fourth-order valence-electron chi connectivity index (χ4n) is 2.91. The van der Waals surface area contributed by atoms with Gasteiger partial charge in [-0.3, -0.25) is 0 Å². The van der Waals surface area contributed by atoms with Crippen molar-refractivity contribution in [2.24, 2.45) is 0 Å². The van der Waals surface area contributed by atoms with Crippen LogP contribution >= 0.6 is 0 Å². The average molecular weight is 314 g/mol. The Balaban J connectivity index is 1.95. The van der Waals surface area contributed by atoms with Crippen LogP contribution in [0.2, 0.25) is 0 Å². The Morgan fingerprint density at radius 1 is 0.500 bits per heavy atom. The van der Waals surface area contributed by atoms with Gasteiger partial charge in [-0.15, -0.1) is 0 Å². The van der Waals surface area contributed by atoms with Gasteiger partial charge in [0.1, 0.15) is 0 Å². The number of hydrogen-bond acceptors (Lipinski definition) is 0. The van der Waals surface area contributed by atoms with Crippen LogP contribution < -0.4 is 0 Å². The van der Waals surface area contributed by atoms with E-state index >= 15 is 0 Å². The van der Waals surface area contributed by atoms with E-state index in [1.54, 1.807) is 0 Å². The Labute approximate surface area is 146 Å². The van der Waals surface area contributed by atoms with Gasteiger partial charge in [-0.2, -0.15) is 0 Å². The van der Waals surface area contributed by atoms with Crippen LogP contribution in [0.3, 0.4) is 0 Å². The molecule has 0 amide bonds. The van der Waals surface area contributed by atoms with E-state index in [-0.39, 0.29) is 0 Å². The SMILES string of the molecule is C=Cc1cc(C=C)cc(CCCCc2cc(C=C)cc(C=C)c2)c1. The van der Waals surface area contributed by atoms with E-state index in [4.69, 9.17) is 0 Å². The van der Waals surface area contributed by atoms with E-state index in [2.05, 4.69) is 62.7 Å². The molecule has 0 heterocycles. The highest BCUT2D eigenvalue weighted by atomic mass is 14.1. The van der Waals surface area contributed by atoms with Crippen LogP contribution in [0.4, 0.5) is 0 Å². The molecular formula is C24H26.